The maximum atomic E-state index is 6.31. The van der Waals surface area contributed by atoms with E-state index >= 15 is 0 Å². The Bertz CT molecular complexity index is 2900. The Balaban J connectivity index is 1.03. The molecular formula is C52H35NO. The van der Waals surface area contributed by atoms with Crippen LogP contribution < -0.4 is 4.90 Å². The predicted molar refractivity (Wildman–Crippen MR) is 228 cm³/mol. The highest BCUT2D eigenvalue weighted by Crippen LogP contribution is 2.40. The highest BCUT2D eigenvalue weighted by Gasteiger charge is 2.16. The van der Waals surface area contributed by atoms with E-state index in [1.54, 1.807) is 0 Å². The molecule has 0 radical (unpaired) electrons. The average Bonchev–Trinajstić information content (AvgIpc) is 3.69. The van der Waals surface area contributed by atoms with Crippen LogP contribution in [0.2, 0.25) is 0 Å². The van der Waals surface area contributed by atoms with Gasteiger partial charge in [-0.2, -0.15) is 0 Å². The first-order valence-electron chi connectivity index (χ1n) is 18.4. The lowest BCUT2D eigenvalue weighted by Gasteiger charge is -2.26. The molecule has 1 aromatic heterocycles. The van der Waals surface area contributed by atoms with Crippen LogP contribution in [0, 0.1) is 0 Å². The molecule has 254 valence electrons. The van der Waals surface area contributed by atoms with E-state index < -0.39 is 0 Å². The van der Waals surface area contributed by atoms with Crippen LogP contribution in [-0.4, -0.2) is 0 Å². The van der Waals surface area contributed by atoms with Crippen molar-refractivity contribution in [2.75, 3.05) is 4.90 Å². The van der Waals surface area contributed by atoms with Gasteiger partial charge < -0.3 is 9.32 Å². The molecule has 54 heavy (non-hydrogen) atoms. The molecule has 0 aliphatic carbocycles. The molecule has 10 rings (SSSR count). The summed E-state index contributed by atoms with van der Waals surface area (Å²) in [5.74, 6) is 0.853. The first kappa shape index (κ1) is 31.6. The fraction of sp³-hybridized carbons (Fsp3) is 0. The summed E-state index contributed by atoms with van der Waals surface area (Å²) < 4.78 is 6.31. The van der Waals surface area contributed by atoms with Gasteiger partial charge in [0, 0.05) is 28.0 Å². The van der Waals surface area contributed by atoms with Crippen LogP contribution in [0.5, 0.6) is 0 Å². The fourth-order valence-corrected chi connectivity index (χ4v) is 7.69. The Morgan fingerprint density at radius 1 is 0.296 bits per heavy atom. The van der Waals surface area contributed by atoms with Gasteiger partial charge in [0.2, 0.25) is 0 Å². The Labute approximate surface area is 314 Å². The molecule has 2 nitrogen and oxygen atoms in total. The molecule has 0 atom stereocenters. The van der Waals surface area contributed by atoms with Gasteiger partial charge >= 0.3 is 0 Å². The predicted octanol–water partition coefficient (Wildman–Crippen LogP) is 14.9. The van der Waals surface area contributed by atoms with Gasteiger partial charge in [-0.1, -0.05) is 152 Å². The molecule has 0 spiro atoms. The van der Waals surface area contributed by atoms with E-state index in [9.17, 15) is 0 Å². The third-order valence-electron chi connectivity index (χ3n) is 10.4. The van der Waals surface area contributed by atoms with Crippen molar-refractivity contribution in [3.8, 4) is 44.7 Å². The lowest BCUT2D eigenvalue weighted by Crippen LogP contribution is -2.10. The summed E-state index contributed by atoms with van der Waals surface area (Å²) in [6.07, 6.45) is 0. The summed E-state index contributed by atoms with van der Waals surface area (Å²) in [6.45, 7) is 0. The molecule has 1 heterocycles. The Morgan fingerprint density at radius 2 is 0.870 bits per heavy atom. The standard InChI is InChI=1S/C52H35NO/c1-2-12-40-32-42(23-22-36(40)10-1)38-26-30-47(31-27-38)53(48-18-8-17-44(34-48)52-35-45-13-4-6-21-51(45)54-52)46-28-24-37(25-29-46)41-15-7-16-43(33-41)50-20-9-14-39-11-3-5-19-49(39)50/h1-35H. The van der Waals surface area contributed by atoms with Crippen molar-refractivity contribution in [2.45, 2.75) is 0 Å². The normalized spacial score (nSPS) is 11.3. The molecule has 9 aromatic carbocycles. The molecule has 0 aliphatic heterocycles. The van der Waals surface area contributed by atoms with Crippen molar-refractivity contribution < 1.29 is 4.42 Å². The molecule has 10 aromatic rings. The van der Waals surface area contributed by atoms with Crippen molar-refractivity contribution in [1.82, 2.24) is 0 Å². The van der Waals surface area contributed by atoms with Gasteiger partial charge in [0.15, 0.2) is 0 Å². The number of furan rings is 1. The maximum Gasteiger partial charge on any atom is 0.135 e. The number of para-hydroxylation sites is 1. The van der Waals surface area contributed by atoms with E-state index in [0.29, 0.717) is 0 Å². The first-order chi connectivity index (χ1) is 26.7. The van der Waals surface area contributed by atoms with Crippen molar-refractivity contribution in [2.24, 2.45) is 0 Å². The van der Waals surface area contributed by atoms with Crippen LogP contribution in [0.3, 0.4) is 0 Å². The summed E-state index contributed by atoms with van der Waals surface area (Å²) in [7, 11) is 0. The van der Waals surface area contributed by atoms with E-state index in [0.717, 1.165) is 39.4 Å². The van der Waals surface area contributed by atoms with Crippen LogP contribution in [-0.2, 0) is 0 Å². The number of hydrogen-bond donors (Lipinski definition) is 0. The van der Waals surface area contributed by atoms with Crippen LogP contribution >= 0.6 is 0 Å². The third-order valence-corrected chi connectivity index (χ3v) is 10.4. The minimum absolute atomic E-state index is 0.853. The highest BCUT2D eigenvalue weighted by atomic mass is 16.3. The molecule has 0 unspecified atom stereocenters. The number of benzene rings is 9. The van der Waals surface area contributed by atoms with Crippen molar-refractivity contribution >= 4 is 49.6 Å². The van der Waals surface area contributed by atoms with E-state index in [-0.39, 0.29) is 0 Å². The molecule has 0 amide bonds. The summed E-state index contributed by atoms with van der Waals surface area (Å²) in [4.78, 5) is 2.33. The number of anilines is 3. The fourth-order valence-electron chi connectivity index (χ4n) is 7.69. The maximum absolute atomic E-state index is 6.31. The molecule has 2 heteroatoms. The monoisotopic (exact) mass is 689 g/mol. The zero-order valence-electron chi connectivity index (χ0n) is 29.6. The zero-order valence-corrected chi connectivity index (χ0v) is 29.6. The van der Waals surface area contributed by atoms with Gasteiger partial charge in [-0.25, -0.2) is 0 Å². The number of hydrogen-bond acceptors (Lipinski definition) is 2. The van der Waals surface area contributed by atoms with Crippen molar-refractivity contribution in [3.63, 3.8) is 0 Å². The average molecular weight is 690 g/mol. The summed E-state index contributed by atoms with van der Waals surface area (Å²) in [5.41, 5.74) is 12.3. The number of fused-ring (bicyclic) bond motifs is 3. The zero-order chi connectivity index (χ0) is 35.8. The Hall–Kier alpha value is -7.16. The molecular weight excluding hydrogens is 655 g/mol. The molecule has 0 bridgehead atoms. The smallest absolute Gasteiger partial charge is 0.135 e. The van der Waals surface area contributed by atoms with Gasteiger partial charge in [0.1, 0.15) is 11.3 Å². The molecule has 0 N–H and O–H groups in total. The van der Waals surface area contributed by atoms with Crippen molar-refractivity contribution in [1.29, 1.82) is 0 Å². The summed E-state index contributed by atoms with van der Waals surface area (Å²) in [5, 5.41) is 6.10. The number of rotatable bonds is 7. The summed E-state index contributed by atoms with van der Waals surface area (Å²) >= 11 is 0. The van der Waals surface area contributed by atoms with Gasteiger partial charge in [-0.3, -0.25) is 0 Å². The molecule has 0 fully saturated rings. The van der Waals surface area contributed by atoms with Crippen LogP contribution in [0.4, 0.5) is 17.1 Å². The third kappa shape index (κ3) is 5.90. The lowest BCUT2D eigenvalue weighted by atomic mass is 9.95. The first-order valence-corrected chi connectivity index (χ1v) is 18.4. The van der Waals surface area contributed by atoms with E-state index in [4.69, 9.17) is 4.42 Å². The quantitative estimate of drug-likeness (QED) is 0.166. The van der Waals surface area contributed by atoms with Gasteiger partial charge in [-0.15, -0.1) is 0 Å². The van der Waals surface area contributed by atoms with Gasteiger partial charge in [-0.05, 0) is 116 Å². The second-order valence-electron chi connectivity index (χ2n) is 13.8. The summed E-state index contributed by atoms with van der Waals surface area (Å²) in [6, 6.07) is 75.9. The van der Waals surface area contributed by atoms with E-state index in [2.05, 4.69) is 199 Å². The minimum Gasteiger partial charge on any atom is -0.456 e. The molecule has 0 aliphatic rings. The Morgan fingerprint density at radius 3 is 1.65 bits per heavy atom. The van der Waals surface area contributed by atoms with E-state index in [1.165, 1.54) is 54.9 Å². The van der Waals surface area contributed by atoms with E-state index in [1.807, 2.05) is 18.2 Å². The Kier molecular flexibility index (Phi) is 7.85. The lowest BCUT2D eigenvalue weighted by molar-refractivity contribution is 0.631. The largest absolute Gasteiger partial charge is 0.456 e. The van der Waals surface area contributed by atoms with Crippen molar-refractivity contribution in [3.05, 3.63) is 212 Å². The minimum atomic E-state index is 0.853. The van der Waals surface area contributed by atoms with Crippen LogP contribution in [0.25, 0.3) is 77.2 Å². The second kappa shape index (κ2) is 13.4. The molecule has 0 saturated heterocycles. The van der Waals surface area contributed by atoms with Crippen LogP contribution in [0.15, 0.2) is 217 Å². The van der Waals surface area contributed by atoms with Crippen LogP contribution in [0.1, 0.15) is 0 Å². The highest BCUT2D eigenvalue weighted by molar-refractivity contribution is 5.97. The topological polar surface area (TPSA) is 16.4 Å². The van der Waals surface area contributed by atoms with Gasteiger partial charge in [0.05, 0.1) is 0 Å². The second-order valence-corrected chi connectivity index (χ2v) is 13.8. The molecule has 0 saturated carbocycles. The SMILES string of the molecule is c1cc(-c2ccc(N(c3ccc(-c4ccc5ccccc5c4)cc3)c3cccc(-c4cc5ccccc5o4)c3)cc2)cc(-c2cccc3ccccc23)c1. The number of nitrogens with zero attached hydrogens (tertiary/aromatic N) is 1. The van der Waals surface area contributed by atoms with Gasteiger partial charge in [0.25, 0.3) is 0 Å².